The average molecular weight is 350 g/mol. The molecule has 1 fully saturated rings. The topological polar surface area (TPSA) is 90.3 Å². The number of nitrogens with one attached hydrogen (secondary N) is 1. The standard InChI is InChI=1S/C17H20N4O3.Na/c1-20-11-13(10-19-20)21-14(7-8-15(21)17(23)24)16(22)18-9-12-5-3-2-4-6-12;/h2-6,10-11,14-15H,7-9H2,1H3,(H,18,22)(H,23,24);/q;+1/p-1. The molecule has 1 amide bonds. The Kier molecular flexibility index (Phi) is 6.64. The average Bonchev–Trinajstić information content (AvgIpc) is 3.19. The van der Waals surface area contributed by atoms with Gasteiger partial charge in [-0.1, -0.05) is 30.3 Å². The van der Waals surface area contributed by atoms with Gasteiger partial charge in [0.25, 0.3) is 0 Å². The maximum absolute atomic E-state index is 12.6. The molecule has 1 aliphatic rings. The van der Waals surface area contributed by atoms with Crippen molar-refractivity contribution in [2.45, 2.75) is 31.5 Å². The third-order valence-corrected chi connectivity index (χ3v) is 4.26. The third-order valence-electron chi connectivity index (χ3n) is 4.26. The van der Waals surface area contributed by atoms with E-state index in [1.165, 1.54) is 0 Å². The number of aliphatic carboxylic acids is 1. The van der Waals surface area contributed by atoms with Gasteiger partial charge >= 0.3 is 29.6 Å². The molecule has 0 bridgehead atoms. The Morgan fingerprint density at radius 2 is 1.92 bits per heavy atom. The number of carboxylic acids is 1. The van der Waals surface area contributed by atoms with Crippen LogP contribution in [0.15, 0.2) is 42.7 Å². The molecule has 0 aliphatic carbocycles. The summed E-state index contributed by atoms with van der Waals surface area (Å²) in [6.07, 6.45) is 4.12. The SMILES string of the molecule is Cn1cc(N2C(C(=O)[O-])CCC2C(=O)NCc2ccccc2)cn1.[Na+]. The van der Waals surface area contributed by atoms with Gasteiger partial charge < -0.3 is 20.1 Å². The van der Waals surface area contributed by atoms with Crippen LogP contribution < -0.4 is 44.9 Å². The Morgan fingerprint density at radius 1 is 1.24 bits per heavy atom. The van der Waals surface area contributed by atoms with Crippen molar-refractivity contribution in [2.75, 3.05) is 4.90 Å². The molecule has 2 atom stereocenters. The van der Waals surface area contributed by atoms with Crippen LogP contribution in [0.2, 0.25) is 0 Å². The van der Waals surface area contributed by atoms with Gasteiger partial charge in [-0.15, -0.1) is 0 Å². The second-order valence-electron chi connectivity index (χ2n) is 5.91. The number of amides is 1. The molecule has 2 aromatic rings. The van der Waals surface area contributed by atoms with E-state index in [2.05, 4.69) is 10.4 Å². The van der Waals surface area contributed by atoms with Crippen LogP contribution in [0, 0.1) is 0 Å². The minimum Gasteiger partial charge on any atom is -0.548 e. The third kappa shape index (κ3) is 4.42. The van der Waals surface area contributed by atoms with Crippen molar-refractivity contribution in [3.05, 3.63) is 48.3 Å². The van der Waals surface area contributed by atoms with Crippen molar-refractivity contribution >= 4 is 17.6 Å². The molecule has 0 saturated carbocycles. The van der Waals surface area contributed by atoms with Crippen LogP contribution in [0.5, 0.6) is 0 Å². The Morgan fingerprint density at radius 3 is 2.52 bits per heavy atom. The number of nitrogens with zero attached hydrogens (tertiary/aromatic N) is 3. The van der Waals surface area contributed by atoms with E-state index in [1.807, 2.05) is 30.3 Å². The molecule has 1 saturated heterocycles. The normalized spacial score (nSPS) is 19.3. The first-order valence-electron chi connectivity index (χ1n) is 7.85. The van der Waals surface area contributed by atoms with E-state index in [-0.39, 0.29) is 35.5 Å². The summed E-state index contributed by atoms with van der Waals surface area (Å²) in [5, 5.41) is 18.4. The Labute approximate surface area is 168 Å². The fourth-order valence-electron chi connectivity index (χ4n) is 3.10. The maximum atomic E-state index is 12.6. The molecule has 3 rings (SSSR count). The first-order valence-corrected chi connectivity index (χ1v) is 7.85. The maximum Gasteiger partial charge on any atom is 1.00 e. The van der Waals surface area contributed by atoms with Gasteiger partial charge in [0.05, 0.1) is 23.9 Å². The van der Waals surface area contributed by atoms with Crippen LogP contribution in [-0.2, 0) is 23.2 Å². The number of aromatic nitrogens is 2. The van der Waals surface area contributed by atoms with Gasteiger partial charge in [0.2, 0.25) is 5.91 Å². The predicted molar refractivity (Wildman–Crippen MR) is 85.8 cm³/mol. The fourth-order valence-corrected chi connectivity index (χ4v) is 3.10. The van der Waals surface area contributed by atoms with Gasteiger partial charge in [-0.25, -0.2) is 0 Å². The zero-order valence-corrected chi connectivity index (χ0v) is 16.4. The summed E-state index contributed by atoms with van der Waals surface area (Å²) in [4.78, 5) is 25.6. The van der Waals surface area contributed by atoms with Crippen molar-refractivity contribution in [3.8, 4) is 0 Å². The summed E-state index contributed by atoms with van der Waals surface area (Å²) in [6, 6.07) is 8.23. The second kappa shape index (κ2) is 8.51. The van der Waals surface area contributed by atoms with Crippen LogP contribution in [-0.4, -0.2) is 33.7 Å². The van der Waals surface area contributed by atoms with E-state index in [1.54, 1.807) is 29.0 Å². The van der Waals surface area contributed by atoms with E-state index in [0.29, 0.717) is 25.1 Å². The van der Waals surface area contributed by atoms with Crippen molar-refractivity contribution in [3.63, 3.8) is 0 Å². The van der Waals surface area contributed by atoms with Crippen LogP contribution in [0.4, 0.5) is 5.69 Å². The number of benzene rings is 1. The zero-order valence-electron chi connectivity index (χ0n) is 14.4. The predicted octanol–water partition coefficient (Wildman–Crippen LogP) is -3.17. The molecule has 0 radical (unpaired) electrons. The molecule has 126 valence electrons. The fraction of sp³-hybridized carbons (Fsp3) is 0.353. The van der Waals surface area contributed by atoms with Crippen molar-refractivity contribution in [1.82, 2.24) is 15.1 Å². The van der Waals surface area contributed by atoms with Crippen molar-refractivity contribution in [2.24, 2.45) is 7.05 Å². The monoisotopic (exact) mass is 350 g/mol. The molecule has 2 heterocycles. The minimum absolute atomic E-state index is 0. The number of hydrogen-bond donors (Lipinski definition) is 1. The summed E-state index contributed by atoms with van der Waals surface area (Å²) in [6.45, 7) is 0.410. The molecule has 1 aliphatic heterocycles. The Bertz CT molecular complexity index is 735. The number of anilines is 1. The number of carbonyl (C=O) groups is 2. The van der Waals surface area contributed by atoms with Gasteiger partial charge in [-0.2, -0.15) is 5.10 Å². The largest absolute Gasteiger partial charge is 1.00 e. The first-order chi connectivity index (χ1) is 11.6. The molecule has 8 heteroatoms. The van der Waals surface area contributed by atoms with Crippen molar-refractivity contribution in [1.29, 1.82) is 0 Å². The van der Waals surface area contributed by atoms with Crippen LogP contribution in [0.3, 0.4) is 0 Å². The number of hydrogen-bond acceptors (Lipinski definition) is 5. The molecule has 0 spiro atoms. The zero-order chi connectivity index (χ0) is 17.1. The number of aryl methyl sites for hydroxylation is 1. The van der Waals surface area contributed by atoms with Crippen LogP contribution in [0.25, 0.3) is 0 Å². The van der Waals surface area contributed by atoms with E-state index in [0.717, 1.165) is 5.56 Å². The number of carbonyl (C=O) groups excluding carboxylic acids is 2. The summed E-state index contributed by atoms with van der Waals surface area (Å²) in [7, 11) is 1.75. The van der Waals surface area contributed by atoms with Crippen LogP contribution in [0.1, 0.15) is 18.4 Å². The summed E-state index contributed by atoms with van der Waals surface area (Å²) in [5.74, 6) is -1.36. The summed E-state index contributed by atoms with van der Waals surface area (Å²) in [5.41, 5.74) is 1.61. The second-order valence-corrected chi connectivity index (χ2v) is 5.91. The molecular weight excluding hydrogens is 331 g/mol. The number of rotatable bonds is 5. The van der Waals surface area contributed by atoms with Crippen LogP contribution >= 0.6 is 0 Å². The minimum atomic E-state index is -1.17. The van der Waals surface area contributed by atoms with Gasteiger partial charge in [0.15, 0.2) is 0 Å². The van der Waals surface area contributed by atoms with Gasteiger partial charge in [-0.05, 0) is 18.4 Å². The van der Waals surface area contributed by atoms with Gasteiger partial charge in [-0.3, -0.25) is 9.48 Å². The Hall–Kier alpha value is -1.83. The molecule has 1 N–H and O–H groups in total. The summed E-state index contributed by atoms with van der Waals surface area (Å²) < 4.78 is 1.58. The first kappa shape index (κ1) is 19.5. The summed E-state index contributed by atoms with van der Waals surface area (Å²) >= 11 is 0. The smallest absolute Gasteiger partial charge is 0.548 e. The molecule has 2 unspecified atom stereocenters. The van der Waals surface area contributed by atoms with Gasteiger partial charge in [0.1, 0.15) is 6.04 Å². The van der Waals surface area contributed by atoms with E-state index < -0.39 is 18.1 Å². The van der Waals surface area contributed by atoms with E-state index in [9.17, 15) is 14.7 Å². The van der Waals surface area contributed by atoms with Gasteiger partial charge in [0, 0.05) is 19.8 Å². The quantitative estimate of drug-likeness (QED) is 0.575. The van der Waals surface area contributed by atoms with E-state index in [4.69, 9.17) is 0 Å². The van der Waals surface area contributed by atoms with Crippen molar-refractivity contribution < 1.29 is 44.3 Å². The molecule has 1 aromatic heterocycles. The Balaban J connectivity index is 0.00000225. The van der Waals surface area contributed by atoms with E-state index >= 15 is 0 Å². The molecular formula is C17H19N4NaO3. The molecule has 1 aromatic carbocycles. The molecule has 7 nitrogen and oxygen atoms in total. The molecule has 25 heavy (non-hydrogen) atoms. The number of carboxylic acid groups (broad SMARTS) is 1.